The van der Waals surface area contributed by atoms with Crippen LogP contribution in [0.2, 0.25) is 0 Å². The van der Waals surface area contributed by atoms with Crippen molar-refractivity contribution in [3.63, 3.8) is 0 Å². The van der Waals surface area contributed by atoms with Crippen LogP contribution in [0.3, 0.4) is 0 Å². The molecule has 94 valence electrons. The van der Waals surface area contributed by atoms with Crippen LogP contribution in [-0.4, -0.2) is 15.1 Å². The van der Waals surface area contributed by atoms with Crippen LogP contribution in [-0.2, 0) is 6.54 Å². The van der Waals surface area contributed by atoms with Gasteiger partial charge in [0.05, 0.1) is 10.9 Å². The predicted octanol–water partition coefficient (Wildman–Crippen LogP) is 2.63. The Morgan fingerprint density at radius 2 is 2.44 bits per heavy atom. The predicted molar refractivity (Wildman–Crippen MR) is 73.0 cm³/mol. The summed E-state index contributed by atoms with van der Waals surface area (Å²) in [5, 5.41) is 10.9. The number of nitriles is 1. The SMILES string of the molecule is CC(N)(C#N)CCCn1ccnc1-c1cccs1. The van der Waals surface area contributed by atoms with E-state index in [4.69, 9.17) is 11.0 Å². The van der Waals surface area contributed by atoms with Gasteiger partial charge in [0.15, 0.2) is 0 Å². The zero-order valence-corrected chi connectivity index (χ0v) is 11.2. The molecule has 0 aliphatic carbocycles. The van der Waals surface area contributed by atoms with E-state index in [-0.39, 0.29) is 0 Å². The average Bonchev–Trinajstić information content (AvgIpc) is 2.98. The van der Waals surface area contributed by atoms with Crippen LogP contribution in [0.1, 0.15) is 19.8 Å². The van der Waals surface area contributed by atoms with Gasteiger partial charge in [-0.2, -0.15) is 5.26 Å². The lowest BCUT2D eigenvalue weighted by atomic mass is 9.99. The second-order valence-corrected chi connectivity index (χ2v) is 5.50. The van der Waals surface area contributed by atoms with Gasteiger partial charge >= 0.3 is 0 Å². The molecule has 0 spiro atoms. The van der Waals surface area contributed by atoms with Crippen molar-refractivity contribution in [1.29, 1.82) is 5.26 Å². The normalized spacial score (nSPS) is 14.1. The number of aromatic nitrogens is 2. The molecular formula is C13H16N4S. The van der Waals surface area contributed by atoms with Crippen LogP contribution < -0.4 is 5.73 Å². The topological polar surface area (TPSA) is 67.6 Å². The van der Waals surface area contributed by atoms with Crippen LogP contribution in [0.5, 0.6) is 0 Å². The van der Waals surface area contributed by atoms with Crippen molar-refractivity contribution in [1.82, 2.24) is 9.55 Å². The van der Waals surface area contributed by atoms with Crippen molar-refractivity contribution < 1.29 is 0 Å². The fourth-order valence-corrected chi connectivity index (χ4v) is 2.53. The van der Waals surface area contributed by atoms with Crippen molar-refractivity contribution >= 4 is 11.3 Å². The maximum absolute atomic E-state index is 8.86. The van der Waals surface area contributed by atoms with Crippen molar-refractivity contribution in [2.45, 2.75) is 31.8 Å². The molecule has 0 amide bonds. The smallest absolute Gasteiger partial charge is 0.149 e. The lowest BCUT2D eigenvalue weighted by Crippen LogP contribution is -2.34. The monoisotopic (exact) mass is 260 g/mol. The minimum atomic E-state index is -0.732. The van der Waals surface area contributed by atoms with E-state index < -0.39 is 5.54 Å². The summed E-state index contributed by atoms with van der Waals surface area (Å²) < 4.78 is 2.11. The first-order chi connectivity index (χ1) is 8.62. The number of hydrogen-bond acceptors (Lipinski definition) is 4. The molecular weight excluding hydrogens is 244 g/mol. The molecule has 2 N–H and O–H groups in total. The Labute approximate surface area is 111 Å². The highest BCUT2D eigenvalue weighted by Gasteiger charge is 2.16. The highest BCUT2D eigenvalue weighted by molar-refractivity contribution is 7.13. The van der Waals surface area contributed by atoms with E-state index >= 15 is 0 Å². The largest absolute Gasteiger partial charge is 0.330 e. The van der Waals surface area contributed by atoms with Gasteiger partial charge in [0.1, 0.15) is 11.4 Å². The van der Waals surface area contributed by atoms with Crippen molar-refractivity contribution in [2.75, 3.05) is 0 Å². The zero-order chi connectivity index (χ0) is 13.0. The summed E-state index contributed by atoms with van der Waals surface area (Å²) >= 11 is 1.68. The third-order valence-electron chi connectivity index (χ3n) is 2.81. The maximum atomic E-state index is 8.86. The molecule has 0 radical (unpaired) electrons. The number of hydrogen-bond donors (Lipinski definition) is 1. The van der Waals surface area contributed by atoms with Crippen LogP contribution in [0.4, 0.5) is 0 Å². The lowest BCUT2D eigenvalue weighted by molar-refractivity contribution is 0.490. The van der Waals surface area contributed by atoms with Gasteiger partial charge in [0, 0.05) is 18.9 Å². The second kappa shape index (κ2) is 5.34. The van der Waals surface area contributed by atoms with E-state index in [9.17, 15) is 0 Å². The molecule has 0 fully saturated rings. The highest BCUT2D eigenvalue weighted by Crippen LogP contribution is 2.23. The van der Waals surface area contributed by atoms with Gasteiger partial charge < -0.3 is 10.3 Å². The number of nitrogens with zero attached hydrogens (tertiary/aromatic N) is 3. The summed E-state index contributed by atoms with van der Waals surface area (Å²) in [6.45, 7) is 2.60. The van der Waals surface area contributed by atoms with Gasteiger partial charge in [0.25, 0.3) is 0 Å². The molecule has 1 atom stereocenters. The molecule has 0 aromatic carbocycles. The summed E-state index contributed by atoms with van der Waals surface area (Å²) in [6.07, 6.45) is 5.33. The van der Waals surface area contributed by atoms with E-state index in [1.807, 2.05) is 17.6 Å². The van der Waals surface area contributed by atoms with Crippen LogP contribution in [0, 0.1) is 11.3 Å². The Morgan fingerprint density at radius 3 is 3.11 bits per heavy atom. The molecule has 18 heavy (non-hydrogen) atoms. The minimum absolute atomic E-state index is 0.686. The number of nitrogens with two attached hydrogens (primary N) is 1. The Kier molecular flexibility index (Phi) is 3.80. The maximum Gasteiger partial charge on any atom is 0.149 e. The van der Waals surface area contributed by atoms with Crippen LogP contribution in [0.15, 0.2) is 29.9 Å². The average molecular weight is 260 g/mol. The number of thiophene rings is 1. The highest BCUT2D eigenvalue weighted by atomic mass is 32.1. The van der Waals surface area contributed by atoms with Crippen molar-refractivity contribution in [3.05, 3.63) is 29.9 Å². The first-order valence-corrected chi connectivity index (χ1v) is 6.75. The molecule has 0 aliphatic rings. The van der Waals surface area contributed by atoms with E-state index in [0.717, 1.165) is 23.7 Å². The first-order valence-electron chi connectivity index (χ1n) is 5.87. The van der Waals surface area contributed by atoms with E-state index in [2.05, 4.69) is 21.7 Å². The van der Waals surface area contributed by atoms with Crippen LogP contribution in [0.25, 0.3) is 10.7 Å². The van der Waals surface area contributed by atoms with Gasteiger partial charge in [0.2, 0.25) is 0 Å². The first kappa shape index (κ1) is 12.8. The van der Waals surface area contributed by atoms with Gasteiger partial charge in [-0.15, -0.1) is 11.3 Å². The van der Waals surface area contributed by atoms with E-state index in [1.54, 1.807) is 24.5 Å². The molecule has 2 aromatic rings. The summed E-state index contributed by atoms with van der Waals surface area (Å²) in [6, 6.07) is 6.20. The Bertz CT molecular complexity index is 534. The van der Waals surface area contributed by atoms with Crippen molar-refractivity contribution in [3.8, 4) is 16.8 Å². The molecule has 0 aliphatic heterocycles. The third kappa shape index (κ3) is 2.97. The third-order valence-corrected chi connectivity index (χ3v) is 3.67. The molecule has 2 rings (SSSR count). The molecule has 2 heterocycles. The number of rotatable bonds is 5. The Hall–Kier alpha value is -1.64. The molecule has 2 aromatic heterocycles. The van der Waals surface area contributed by atoms with Gasteiger partial charge in [-0.25, -0.2) is 4.98 Å². The molecule has 0 saturated carbocycles. The molecule has 4 nitrogen and oxygen atoms in total. The Morgan fingerprint density at radius 1 is 1.61 bits per heavy atom. The summed E-state index contributed by atoms with van der Waals surface area (Å²) in [7, 11) is 0. The van der Waals surface area contributed by atoms with Gasteiger partial charge in [-0.3, -0.25) is 0 Å². The fraction of sp³-hybridized carbons (Fsp3) is 0.385. The lowest BCUT2D eigenvalue weighted by Gasteiger charge is -2.15. The van der Waals surface area contributed by atoms with E-state index in [1.165, 1.54) is 0 Å². The summed E-state index contributed by atoms with van der Waals surface area (Å²) in [4.78, 5) is 5.53. The molecule has 0 bridgehead atoms. The summed E-state index contributed by atoms with van der Waals surface area (Å²) in [5.74, 6) is 0.987. The fourth-order valence-electron chi connectivity index (χ4n) is 1.79. The number of aryl methyl sites for hydroxylation is 1. The Balaban J connectivity index is 2.00. The summed E-state index contributed by atoms with van der Waals surface area (Å²) in [5.41, 5.74) is 5.07. The van der Waals surface area contributed by atoms with Crippen molar-refractivity contribution in [2.24, 2.45) is 5.73 Å². The minimum Gasteiger partial charge on any atom is -0.330 e. The van der Waals surface area contributed by atoms with Crippen LogP contribution >= 0.6 is 11.3 Å². The molecule has 0 saturated heterocycles. The number of imidazole rings is 1. The molecule has 1 unspecified atom stereocenters. The molecule has 5 heteroatoms. The van der Waals surface area contributed by atoms with E-state index in [0.29, 0.717) is 6.42 Å². The van der Waals surface area contributed by atoms with Gasteiger partial charge in [-0.05, 0) is 31.2 Å². The second-order valence-electron chi connectivity index (χ2n) is 4.55. The van der Waals surface area contributed by atoms with Gasteiger partial charge in [-0.1, -0.05) is 6.07 Å². The quantitative estimate of drug-likeness (QED) is 0.898. The standard InChI is InChI=1S/C13H16N4S/c1-13(15,10-14)5-3-7-17-8-6-16-12(17)11-4-2-9-18-11/h2,4,6,8-9H,3,5,7,15H2,1H3. The zero-order valence-electron chi connectivity index (χ0n) is 10.3.